The number of halogens is 6. The first kappa shape index (κ1) is 49.8. The Balaban J connectivity index is 0.00000101. The second-order valence-corrected chi connectivity index (χ2v) is 22.2. The molecule has 2 aliphatic carbocycles. The minimum atomic E-state index is -4.56. The summed E-state index contributed by atoms with van der Waals surface area (Å²) in [6, 6.07) is 47.2. The van der Waals surface area contributed by atoms with Gasteiger partial charge < -0.3 is 10.0 Å². The van der Waals surface area contributed by atoms with E-state index in [2.05, 4.69) is 98.7 Å². The Morgan fingerprint density at radius 2 is 0.939 bits per heavy atom. The predicted octanol–water partition coefficient (Wildman–Crippen LogP) is 13.2. The zero-order valence-electron chi connectivity index (χ0n) is 37.3. The topological polar surface area (TPSA) is 23.5 Å². The van der Waals surface area contributed by atoms with Gasteiger partial charge in [-0.3, -0.25) is 0 Å². The molecule has 3 unspecified atom stereocenters. The van der Waals surface area contributed by atoms with Crippen molar-refractivity contribution < 1.29 is 48.5 Å². The van der Waals surface area contributed by atoms with Gasteiger partial charge in [0.25, 0.3) is 0 Å². The van der Waals surface area contributed by atoms with Crippen molar-refractivity contribution in [1.82, 2.24) is 4.90 Å². The molecule has 0 saturated heterocycles. The van der Waals surface area contributed by atoms with E-state index in [4.69, 9.17) is 0 Å². The average Bonchev–Trinajstić information content (AvgIpc) is 4.04. The summed E-state index contributed by atoms with van der Waals surface area (Å²) in [7, 11) is 1.29. The fourth-order valence-electron chi connectivity index (χ4n) is 10.1. The molecule has 7 aromatic rings. The van der Waals surface area contributed by atoms with Crippen LogP contribution in [0.5, 0.6) is 0 Å². The standard InChI is InChI=1S/C50H45F6NOP2.C5H10.Fe/c1-32(57(2)3)39-30-31-46(60(43-20-10-14-33-12-4-6-16-40(33)43)44-21-11-15-34-13-5-7-17-41(34)44)47(39)48(58)42-18-8-9-19-45(42)59(37-26-22-35(23-27-37)49(51,52)53)38-28-24-36(25-29-38)50(54,55)56;1-2-4-5-3-1;/h4-29,32,39,46-48,58H,30-31H2,1-3H3;1-5H2;/t32-,39?,46?,47?,48+;;/m1../s1. The predicted molar refractivity (Wildman–Crippen MR) is 260 cm³/mol. The summed E-state index contributed by atoms with van der Waals surface area (Å²) >= 11 is 0. The Bertz CT molecular complexity index is 2530. The van der Waals surface area contributed by atoms with Crippen LogP contribution in [-0.2, 0) is 29.4 Å². The molecule has 346 valence electrons. The maximum atomic E-state index is 13.8. The zero-order chi connectivity index (χ0) is 45.9. The Morgan fingerprint density at radius 1 is 0.530 bits per heavy atom. The smallest absolute Gasteiger partial charge is 0.388 e. The van der Waals surface area contributed by atoms with Gasteiger partial charge in [-0.25, -0.2) is 0 Å². The normalized spacial score (nSPS) is 18.7. The summed E-state index contributed by atoms with van der Waals surface area (Å²) in [4.78, 5) is 2.20. The number of aliphatic hydroxyl groups is 1. The first-order valence-electron chi connectivity index (χ1n) is 22.5. The van der Waals surface area contributed by atoms with Gasteiger partial charge in [0.15, 0.2) is 0 Å². The minimum Gasteiger partial charge on any atom is -0.388 e. The van der Waals surface area contributed by atoms with E-state index in [1.165, 1.54) is 77.8 Å². The van der Waals surface area contributed by atoms with Crippen molar-refractivity contribution in [3.05, 3.63) is 174 Å². The maximum absolute atomic E-state index is 13.8. The first-order valence-corrected chi connectivity index (χ1v) is 25.3. The molecule has 11 heteroatoms. The molecule has 0 spiro atoms. The number of fused-ring (bicyclic) bond motifs is 2. The maximum Gasteiger partial charge on any atom is 0.416 e. The second-order valence-electron chi connectivity index (χ2n) is 17.7. The molecule has 0 aliphatic heterocycles. The van der Waals surface area contributed by atoms with E-state index >= 15 is 0 Å². The molecule has 0 amide bonds. The molecule has 0 radical (unpaired) electrons. The monoisotopic (exact) mass is 977 g/mol. The van der Waals surface area contributed by atoms with Crippen LogP contribution >= 0.6 is 15.8 Å². The van der Waals surface area contributed by atoms with Crippen molar-refractivity contribution in [3.8, 4) is 0 Å². The van der Waals surface area contributed by atoms with E-state index < -0.39 is 45.4 Å². The van der Waals surface area contributed by atoms with Gasteiger partial charge in [-0.1, -0.05) is 166 Å². The molecule has 7 aromatic carbocycles. The quantitative estimate of drug-likeness (QED) is 0.0839. The van der Waals surface area contributed by atoms with Crippen LogP contribution < -0.4 is 26.5 Å². The number of alkyl halides is 6. The molecule has 5 atom stereocenters. The molecule has 0 bridgehead atoms. The molecule has 2 fully saturated rings. The van der Waals surface area contributed by atoms with Gasteiger partial charge in [-0.15, -0.1) is 0 Å². The van der Waals surface area contributed by atoms with Crippen LogP contribution in [0.15, 0.2) is 158 Å². The Morgan fingerprint density at radius 3 is 1.39 bits per heavy atom. The number of aliphatic hydroxyl groups excluding tert-OH is 1. The molecule has 2 aliphatic rings. The summed E-state index contributed by atoms with van der Waals surface area (Å²) in [6.45, 7) is 2.20. The number of hydrogen-bond acceptors (Lipinski definition) is 2. The van der Waals surface area contributed by atoms with Gasteiger partial charge in [-0.05, 0) is 139 Å². The van der Waals surface area contributed by atoms with Gasteiger partial charge in [-0.2, -0.15) is 26.3 Å². The zero-order valence-corrected chi connectivity index (χ0v) is 40.2. The number of nitrogens with zero attached hydrogens (tertiary/aromatic N) is 1. The van der Waals surface area contributed by atoms with E-state index in [0.29, 0.717) is 21.5 Å². The SMILES string of the molecule is C1CCCC1.C[C@H](C1CCC(P(c2cccc3ccccc23)c2cccc3ccccc23)C1[C@@H](O)c1ccccc1P(c1ccc(C(F)(F)F)cc1)c1ccc(C(F)(F)F)cc1)N(C)C.[Fe]. The van der Waals surface area contributed by atoms with Gasteiger partial charge in [0.2, 0.25) is 0 Å². The van der Waals surface area contributed by atoms with Gasteiger partial charge >= 0.3 is 12.4 Å². The molecule has 66 heavy (non-hydrogen) atoms. The van der Waals surface area contributed by atoms with Crippen molar-refractivity contribution in [2.24, 2.45) is 11.8 Å². The number of rotatable bonds is 10. The van der Waals surface area contributed by atoms with Crippen LogP contribution in [0.25, 0.3) is 21.5 Å². The first-order chi connectivity index (χ1) is 31.2. The Labute approximate surface area is 397 Å². The number of benzene rings is 7. The summed E-state index contributed by atoms with van der Waals surface area (Å²) in [5.74, 6) is -0.198. The molecule has 2 saturated carbocycles. The van der Waals surface area contributed by atoms with E-state index in [1.54, 1.807) is 0 Å². The molecule has 1 N–H and O–H groups in total. The molecule has 9 rings (SSSR count). The fraction of sp³-hybridized carbons (Fsp3) is 0.309. The fourth-order valence-corrected chi connectivity index (χ4v) is 16.1. The Kier molecular flexibility index (Phi) is 16.2. The van der Waals surface area contributed by atoms with Crippen molar-refractivity contribution >= 4 is 63.9 Å². The third-order valence-corrected chi connectivity index (χ3v) is 19.2. The molecule has 0 heterocycles. The van der Waals surface area contributed by atoms with Crippen molar-refractivity contribution in [3.63, 3.8) is 0 Å². The minimum absolute atomic E-state index is 0. The van der Waals surface area contributed by atoms with Crippen LogP contribution in [0.2, 0.25) is 0 Å². The van der Waals surface area contributed by atoms with Crippen LogP contribution in [0.3, 0.4) is 0 Å². The summed E-state index contributed by atoms with van der Waals surface area (Å²) in [5, 5.41) is 22.2. The van der Waals surface area contributed by atoms with Gasteiger partial charge in [0.05, 0.1) is 17.2 Å². The van der Waals surface area contributed by atoms with E-state index in [-0.39, 0.29) is 40.6 Å². The van der Waals surface area contributed by atoms with Gasteiger partial charge in [0, 0.05) is 29.0 Å². The average molecular weight is 978 g/mol. The van der Waals surface area contributed by atoms with Crippen LogP contribution in [0, 0.1) is 11.8 Å². The number of hydrogen-bond donors (Lipinski definition) is 1. The Hall–Kier alpha value is -4.06. The molecular weight excluding hydrogens is 922 g/mol. The van der Waals surface area contributed by atoms with Crippen molar-refractivity contribution in [1.29, 1.82) is 0 Å². The summed E-state index contributed by atoms with van der Waals surface area (Å²) < 4.78 is 82.8. The second kappa shape index (κ2) is 21.5. The van der Waals surface area contributed by atoms with Crippen molar-refractivity contribution in [2.75, 3.05) is 14.1 Å². The molecule has 2 nitrogen and oxygen atoms in total. The largest absolute Gasteiger partial charge is 0.416 e. The van der Waals surface area contributed by atoms with Crippen LogP contribution in [-0.4, -0.2) is 35.8 Å². The molecular formula is C55H55F6FeNOP2. The summed E-state index contributed by atoms with van der Waals surface area (Å²) in [6.07, 6.45) is -0.908. The molecule has 0 aromatic heterocycles. The van der Waals surface area contributed by atoms with E-state index in [0.717, 1.165) is 47.9 Å². The van der Waals surface area contributed by atoms with E-state index in [9.17, 15) is 31.4 Å². The van der Waals surface area contributed by atoms with Crippen molar-refractivity contribution in [2.45, 2.75) is 82.0 Å². The van der Waals surface area contributed by atoms with Crippen LogP contribution in [0.1, 0.15) is 74.7 Å². The van der Waals surface area contributed by atoms with E-state index in [1.807, 2.05) is 36.4 Å². The van der Waals surface area contributed by atoms with Crippen LogP contribution in [0.4, 0.5) is 26.3 Å². The summed E-state index contributed by atoms with van der Waals surface area (Å²) in [5.41, 5.74) is -0.976. The van der Waals surface area contributed by atoms with Gasteiger partial charge in [0.1, 0.15) is 0 Å². The third kappa shape index (κ3) is 10.8. The third-order valence-electron chi connectivity index (χ3n) is 13.6.